The van der Waals surface area contributed by atoms with Crippen LogP contribution in [0.4, 0.5) is 11.4 Å². The smallest absolute Gasteiger partial charge is 0.0604 e. The highest BCUT2D eigenvalue weighted by atomic mass is 16.3. The topological polar surface area (TPSA) is 26.7 Å². The van der Waals surface area contributed by atoms with Crippen LogP contribution < -0.4 is 9.80 Å². The average molecular weight is 260 g/mol. The Labute approximate surface area is 115 Å². The summed E-state index contributed by atoms with van der Waals surface area (Å²) in [5, 5.41) is 10.2. The Morgan fingerprint density at radius 1 is 1.11 bits per heavy atom. The molecule has 1 aliphatic heterocycles. The number of aliphatic hydroxyl groups excluding tert-OH is 1. The zero-order chi connectivity index (χ0) is 13.2. The molecule has 0 aromatic heterocycles. The molecule has 1 heterocycles. The number of aliphatic hydroxyl groups is 1. The Hall–Kier alpha value is -1.22. The SMILES string of the molecule is CN1CCN(CC2CCCCC2O)c2ccccc21. The molecular formula is C16H24N2O. The predicted octanol–water partition coefficient (Wildman–Crippen LogP) is 2.49. The summed E-state index contributed by atoms with van der Waals surface area (Å²) in [6.07, 6.45) is 4.53. The van der Waals surface area contributed by atoms with Crippen LogP contribution in [0.5, 0.6) is 0 Å². The number of rotatable bonds is 2. The lowest BCUT2D eigenvalue weighted by Crippen LogP contribution is -2.44. The summed E-state index contributed by atoms with van der Waals surface area (Å²) in [4.78, 5) is 4.79. The van der Waals surface area contributed by atoms with Crippen LogP contribution in [-0.2, 0) is 0 Å². The van der Waals surface area contributed by atoms with E-state index in [-0.39, 0.29) is 6.10 Å². The van der Waals surface area contributed by atoms with E-state index in [1.54, 1.807) is 0 Å². The Balaban J connectivity index is 1.77. The van der Waals surface area contributed by atoms with Crippen molar-refractivity contribution < 1.29 is 5.11 Å². The lowest BCUT2D eigenvalue weighted by Gasteiger charge is -2.40. The number of anilines is 2. The second-order valence-electron chi connectivity index (χ2n) is 5.97. The van der Waals surface area contributed by atoms with Gasteiger partial charge in [-0.15, -0.1) is 0 Å². The van der Waals surface area contributed by atoms with Gasteiger partial charge in [-0.05, 0) is 25.0 Å². The van der Waals surface area contributed by atoms with Gasteiger partial charge < -0.3 is 14.9 Å². The summed E-state index contributed by atoms with van der Waals surface area (Å²) in [5.41, 5.74) is 2.65. The molecule has 1 aliphatic carbocycles. The number of hydrogen-bond acceptors (Lipinski definition) is 3. The number of fused-ring (bicyclic) bond motifs is 1. The van der Waals surface area contributed by atoms with Crippen LogP contribution in [0, 0.1) is 5.92 Å². The summed E-state index contributed by atoms with van der Waals surface area (Å²) >= 11 is 0. The Morgan fingerprint density at radius 2 is 1.84 bits per heavy atom. The van der Waals surface area contributed by atoms with Crippen molar-refractivity contribution in [2.75, 3.05) is 36.5 Å². The molecule has 3 heteroatoms. The molecule has 0 radical (unpaired) electrons. The van der Waals surface area contributed by atoms with Gasteiger partial charge in [0, 0.05) is 32.6 Å². The molecule has 1 aromatic rings. The van der Waals surface area contributed by atoms with Crippen LogP contribution in [0.2, 0.25) is 0 Å². The lowest BCUT2D eigenvalue weighted by atomic mass is 9.86. The van der Waals surface area contributed by atoms with Crippen LogP contribution in [0.1, 0.15) is 25.7 Å². The number of likely N-dealkylation sites (N-methyl/N-ethyl adjacent to an activating group) is 1. The standard InChI is InChI=1S/C16H24N2O/c1-17-10-11-18(15-8-4-3-7-14(15)17)12-13-6-2-5-9-16(13)19/h3-4,7-8,13,16,19H,2,5-6,9-12H2,1H3. The molecular weight excluding hydrogens is 236 g/mol. The molecule has 1 fully saturated rings. The van der Waals surface area contributed by atoms with Gasteiger partial charge in [-0.1, -0.05) is 25.0 Å². The van der Waals surface area contributed by atoms with Crippen LogP contribution in [0.15, 0.2) is 24.3 Å². The van der Waals surface area contributed by atoms with Crippen molar-refractivity contribution >= 4 is 11.4 Å². The fourth-order valence-corrected chi connectivity index (χ4v) is 3.44. The third kappa shape index (κ3) is 2.57. The van der Waals surface area contributed by atoms with Crippen LogP contribution in [0.25, 0.3) is 0 Å². The van der Waals surface area contributed by atoms with Gasteiger partial charge in [0.15, 0.2) is 0 Å². The van der Waals surface area contributed by atoms with E-state index >= 15 is 0 Å². The maximum absolute atomic E-state index is 10.2. The first-order valence-corrected chi connectivity index (χ1v) is 7.49. The second kappa shape index (κ2) is 5.41. The van der Waals surface area contributed by atoms with Crippen LogP contribution in [0.3, 0.4) is 0 Å². The van der Waals surface area contributed by atoms with E-state index in [9.17, 15) is 5.11 Å². The first-order chi connectivity index (χ1) is 9.25. The van der Waals surface area contributed by atoms with Gasteiger partial charge in [0.1, 0.15) is 0 Å². The molecule has 3 nitrogen and oxygen atoms in total. The molecule has 2 unspecified atom stereocenters. The minimum atomic E-state index is -0.0967. The molecule has 0 amide bonds. The van der Waals surface area contributed by atoms with E-state index in [0.717, 1.165) is 26.1 Å². The average Bonchev–Trinajstić information content (AvgIpc) is 2.44. The van der Waals surface area contributed by atoms with Gasteiger partial charge in [0.25, 0.3) is 0 Å². The van der Waals surface area contributed by atoms with Gasteiger partial charge in [-0.25, -0.2) is 0 Å². The molecule has 1 saturated carbocycles. The Kier molecular flexibility index (Phi) is 3.65. The molecule has 3 rings (SSSR count). The molecule has 0 bridgehead atoms. The predicted molar refractivity (Wildman–Crippen MR) is 79.9 cm³/mol. The molecule has 0 spiro atoms. The maximum Gasteiger partial charge on any atom is 0.0604 e. The second-order valence-corrected chi connectivity index (χ2v) is 5.97. The van der Waals surface area contributed by atoms with E-state index in [1.807, 2.05) is 0 Å². The third-order valence-electron chi connectivity index (χ3n) is 4.66. The van der Waals surface area contributed by atoms with Gasteiger partial charge in [0.2, 0.25) is 0 Å². The van der Waals surface area contributed by atoms with Crippen molar-refractivity contribution in [1.82, 2.24) is 0 Å². The largest absolute Gasteiger partial charge is 0.393 e. The fraction of sp³-hybridized carbons (Fsp3) is 0.625. The van der Waals surface area contributed by atoms with Crippen molar-refractivity contribution in [3.05, 3.63) is 24.3 Å². The normalized spacial score (nSPS) is 27.3. The van der Waals surface area contributed by atoms with Crippen molar-refractivity contribution in [2.45, 2.75) is 31.8 Å². The molecule has 2 aliphatic rings. The highest BCUT2D eigenvalue weighted by Gasteiger charge is 2.27. The molecule has 2 atom stereocenters. The number of hydrogen-bond donors (Lipinski definition) is 1. The monoisotopic (exact) mass is 260 g/mol. The molecule has 1 N–H and O–H groups in total. The van der Waals surface area contributed by atoms with Gasteiger partial charge in [-0.2, -0.15) is 0 Å². The summed E-state index contributed by atoms with van der Waals surface area (Å²) in [7, 11) is 2.16. The minimum Gasteiger partial charge on any atom is -0.393 e. The summed E-state index contributed by atoms with van der Waals surface area (Å²) < 4.78 is 0. The Morgan fingerprint density at radius 3 is 2.63 bits per heavy atom. The fourth-order valence-electron chi connectivity index (χ4n) is 3.44. The molecule has 0 saturated heterocycles. The van der Waals surface area contributed by atoms with E-state index in [2.05, 4.69) is 41.1 Å². The van der Waals surface area contributed by atoms with E-state index in [0.29, 0.717) is 5.92 Å². The number of benzene rings is 1. The maximum atomic E-state index is 10.2. The number of nitrogens with zero attached hydrogens (tertiary/aromatic N) is 2. The van der Waals surface area contributed by atoms with Crippen molar-refractivity contribution in [2.24, 2.45) is 5.92 Å². The van der Waals surface area contributed by atoms with E-state index in [1.165, 1.54) is 30.6 Å². The molecule has 19 heavy (non-hydrogen) atoms. The van der Waals surface area contributed by atoms with Gasteiger partial charge in [0.05, 0.1) is 17.5 Å². The zero-order valence-electron chi connectivity index (χ0n) is 11.8. The van der Waals surface area contributed by atoms with Crippen molar-refractivity contribution in [3.63, 3.8) is 0 Å². The van der Waals surface area contributed by atoms with E-state index < -0.39 is 0 Å². The van der Waals surface area contributed by atoms with Crippen molar-refractivity contribution in [3.8, 4) is 0 Å². The van der Waals surface area contributed by atoms with Crippen LogP contribution >= 0.6 is 0 Å². The number of para-hydroxylation sites is 2. The lowest BCUT2D eigenvalue weighted by molar-refractivity contribution is 0.0731. The summed E-state index contributed by atoms with van der Waals surface area (Å²) in [6.45, 7) is 3.14. The Bertz CT molecular complexity index is 435. The third-order valence-corrected chi connectivity index (χ3v) is 4.66. The van der Waals surface area contributed by atoms with E-state index in [4.69, 9.17) is 0 Å². The first kappa shape index (κ1) is 12.8. The summed E-state index contributed by atoms with van der Waals surface area (Å²) in [6, 6.07) is 8.62. The highest BCUT2D eigenvalue weighted by Crippen LogP contribution is 2.34. The van der Waals surface area contributed by atoms with Gasteiger partial charge >= 0.3 is 0 Å². The van der Waals surface area contributed by atoms with Crippen molar-refractivity contribution in [1.29, 1.82) is 0 Å². The highest BCUT2D eigenvalue weighted by molar-refractivity contribution is 5.73. The first-order valence-electron chi connectivity index (χ1n) is 7.49. The quantitative estimate of drug-likeness (QED) is 0.885. The molecule has 104 valence electrons. The van der Waals surface area contributed by atoms with Gasteiger partial charge in [-0.3, -0.25) is 0 Å². The summed E-state index contributed by atoms with van der Waals surface area (Å²) in [5.74, 6) is 0.449. The van der Waals surface area contributed by atoms with Crippen LogP contribution in [-0.4, -0.2) is 37.9 Å². The minimum absolute atomic E-state index is 0.0967. The molecule has 1 aromatic carbocycles. The zero-order valence-corrected chi connectivity index (χ0v) is 11.8.